The van der Waals surface area contributed by atoms with Crippen molar-refractivity contribution < 1.29 is 23.7 Å². The molecule has 1 fully saturated rings. The van der Waals surface area contributed by atoms with E-state index >= 15 is 0 Å². The Hall–Kier alpha value is -3.11. The number of nitrogens with one attached hydrogen (secondary N) is 1. The van der Waals surface area contributed by atoms with Crippen molar-refractivity contribution in [2.24, 2.45) is 0 Å². The van der Waals surface area contributed by atoms with Gasteiger partial charge in [-0.25, -0.2) is 14.8 Å². The number of anilines is 3. The summed E-state index contributed by atoms with van der Waals surface area (Å²) in [5, 5.41) is 4.20. The molecule has 9 nitrogen and oxygen atoms in total. The molecule has 2 aromatic heterocycles. The van der Waals surface area contributed by atoms with Crippen molar-refractivity contribution in [3.63, 3.8) is 0 Å². The number of carbonyl (C=O) groups excluding carboxylic acids is 1. The van der Waals surface area contributed by atoms with Crippen LogP contribution in [0, 0.1) is 6.92 Å². The van der Waals surface area contributed by atoms with Gasteiger partial charge in [0.1, 0.15) is 33.4 Å². The van der Waals surface area contributed by atoms with Crippen molar-refractivity contribution >= 4 is 44.7 Å². The van der Waals surface area contributed by atoms with E-state index in [2.05, 4.69) is 20.2 Å². The quantitative estimate of drug-likeness (QED) is 0.437. The number of carbonyl (C=O) groups is 1. The number of ether oxygens (including phenoxy) is 4. The molecular weight excluding hydrogens is 456 g/mol. The molecule has 1 saturated heterocycles. The van der Waals surface area contributed by atoms with E-state index in [0.29, 0.717) is 54.3 Å². The largest absolute Gasteiger partial charge is 0.492 e. The molecule has 182 valence electrons. The minimum atomic E-state index is -0.350. The third-order valence-electron chi connectivity index (χ3n) is 5.45. The molecule has 3 aromatic rings. The molecule has 1 aromatic carbocycles. The van der Waals surface area contributed by atoms with E-state index in [4.69, 9.17) is 18.9 Å². The first-order valence-electron chi connectivity index (χ1n) is 11.5. The van der Waals surface area contributed by atoms with Gasteiger partial charge in [-0.05, 0) is 33.3 Å². The molecule has 1 aliphatic heterocycles. The Morgan fingerprint density at radius 1 is 1.09 bits per heavy atom. The summed E-state index contributed by atoms with van der Waals surface area (Å²) < 4.78 is 22.7. The number of aryl methyl sites for hydroxylation is 1. The third kappa shape index (κ3) is 4.88. The highest BCUT2D eigenvalue weighted by Gasteiger charge is 2.23. The number of nitrogens with zero attached hydrogens (tertiary/aromatic N) is 3. The number of rotatable bonds is 9. The molecule has 0 unspecified atom stereocenters. The van der Waals surface area contributed by atoms with Gasteiger partial charge in [-0.2, -0.15) is 0 Å². The summed E-state index contributed by atoms with van der Waals surface area (Å²) in [7, 11) is 0. The maximum absolute atomic E-state index is 12.4. The van der Waals surface area contributed by atoms with Crippen LogP contribution in [0.1, 0.15) is 36.0 Å². The molecule has 0 aliphatic carbocycles. The van der Waals surface area contributed by atoms with E-state index in [1.165, 1.54) is 17.7 Å². The molecule has 10 heteroatoms. The number of hydrogen-bond donors (Lipinski definition) is 1. The Morgan fingerprint density at radius 3 is 2.53 bits per heavy atom. The predicted octanol–water partition coefficient (Wildman–Crippen LogP) is 4.55. The molecule has 0 radical (unpaired) electrons. The van der Waals surface area contributed by atoms with E-state index in [1.807, 2.05) is 32.9 Å². The van der Waals surface area contributed by atoms with Gasteiger partial charge >= 0.3 is 5.97 Å². The van der Waals surface area contributed by atoms with Crippen molar-refractivity contribution in [2.75, 3.05) is 56.3 Å². The van der Waals surface area contributed by atoms with Gasteiger partial charge in [0.15, 0.2) is 0 Å². The smallest absolute Gasteiger partial charge is 0.348 e. The summed E-state index contributed by atoms with van der Waals surface area (Å²) in [6.45, 7) is 11.9. The van der Waals surface area contributed by atoms with E-state index in [1.54, 1.807) is 6.92 Å². The van der Waals surface area contributed by atoms with E-state index < -0.39 is 0 Å². The first-order valence-corrected chi connectivity index (χ1v) is 12.3. The molecule has 1 N–H and O–H groups in total. The summed E-state index contributed by atoms with van der Waals surface area (Å²) in [5.41, 5.74) is 2.49. The lowest BCUT2D eigenvalue weighted by molar-refractivity contribution is 0.0531. The number of benzene rings is 1. The monoisotopic (exact) mass is 486 g/mol. The second-order valence-electron chi connectivity index (χ2n) is 7.59. The molecule has 34 heavy (non-hydrogen) atoms. The number of thiophene rings is 1. The van der Waals surface area contributed by atoms with Crippen molar-refractivity contribution in [3.8, 4) is 11.5 Å². The van der Waals surface area contributed by atoms with Crippen LogP contribution in [-0.4, -0.2) is 62.1 Å². The van der Waals surface area contributed by atoms with Gasteiger partial charge in [0.05, 0.1) is 49.8 Å². The second-order valence-corrected chi connectivity index (χ2v) is 8.58. The van der Waals surface area contributed by atoms with Crippen LogP contribution in [0.25, 0.3) is 10.2 Å². The highest BCUT2D eigenvalue weighted by molar-refractivity contribution is 7.20. The fourth-order valence-electron chi connectivity index (χ4n) is 3.93. The fraction of sp³-hybridized carbons (Fsp3) is 0.458. The minimum Gasteiger partial charge on any atom is -0.492 e. The molecule has 3 heterocycles. The average molecular weight is 487 g/mol. The number of esters is 1. The topological polar surface area (TPSA) is 95.0 Å². The molecule has 0 atom stereocenters. The fourth-order valence-corrected chi connectivity index (χ4v) is 4.97. The van der Waals surface area contributed by atoms with E-state index in [9.17, 15) is 4.79 Å². The minimum absolute atomic E-state index is 0.316. The highest BCUT2D eigenvalue weighted by atomic mass is 32.1. The Kier molecular flexibility index (Phi) is 7.69. The van der Waals surface area contributed by atoms with Crippen molar-refractivity contribution in [3.05, 3.63) is 28.9 Å². The molecule has 0 bridgehead atoms. The molecule has 4 rings (SSSR count). The number of morpholine rings is 1. The van der Waals surface area contributed by atoms with Gasteiger partial charge in [-0.3, -0.25) is 0 Å². The molecule has 1 aliphatic rings. The zero-order chi connectivity index (χ0) is 24.1. The van der Waals surface area contributed by atoms with Gasteiger partial charge in [-0.1, -0.05) is 0 Å². The lowest BCUT2D eigenvalue weighted by Gasteiger charge is -2.31. The van der Waals surface area contributed by atoms with Crippen molar-refractivity contribution in [2.45, 2.75) is 27.7 Å². The van der Waals surface area contributed by atoms with Crippen LogP contribution in [0.4, 0.5) is 17.2 Å². The number of aromatic nitrogens is 2. The van der Waals surface area contributed by atoms with Gasteiger partial charge in [0, 0.05) is 25.2 Å². The molecule has 0 spiro atoms. The van der Waals surface area contributed by atoms with Crippen LogP contribution in [0.3, 0.4) is 0 Å². The molecule has 0 amide bonds. The zero-order valence-electron chi connectivity index (χ0n) is 20.0. The number of fused-ring (bicyclic) bond motifs is 1. The van der Waals surface area contributed by atoms with Crippen LogP contribution in [-0.2, 0) is 9.47 Å². The van der Waals surface area contributed by atoms with Gasteiger partial charge in [-0.15, -0.1) is 11.3 Å². The Morgan fingerprint density at radius 2 is 1.82 bits per heavy atom. The van der Waals surface area contributed by atoms with Crippen LogP contribution in [0.5, 0.6) is 11.5 Å². The second kappa shape index (κ2) is 10.9. The van der Waals surface area contributed by atoms with E-state index in [0.717, 1.165) is 41.2 Å². The van der Waals surface area contributed by atoms with Crippen LogP contribution < -0.4 is 19.7 Å². The lowest BCUT2D eigenvalue weighted by Crippen LogP contribution is -2.36. The highest BCUT2D eigenvalue weighted by Crippen LogP contribution is 2.42. The normalized spacial score (nSPS) is 13.7. The summed E-state index contributed by atoms with van der Waals surface area (Å²) in [6, 6.07) is 3.95. The van der Waals surface area contributed by atoms with E-state index in [-0.39, 0.29) is 5.97 Å². The maximum Gasteiger partial charge on any atom is 0.348 e. The Balaban J connectivity index is 1.77. The SMILES string of the molecule is CCOC(=O)c1sc2ncnc(Nc3cc(OCC)c(N4CCOCC4)cc3OCC)c2c1C. The zero-order valence-corrected chi connectivity index (χ0v) is 20.8. The van der Waals surface area contributed by atoms with Crippen molar-refractivity contribution in [1.29, 1.82) is 0 Å². The van der Waals surface area contributed by atoms with Crippen LogP contribution in [0.15, 0.2) is 18.5 Å². The van der Waals surface area contributed by atoms with Crippen LogP contribution in [0.2, 0.25) is 0 Å². The Bertz CT molecular complexity index is 1160. The first kappa shape index (κ1) is 24.0. The standard InChI is InChI=1S/C24H30N4O5S/c1-5-31-18-13-17(28-8-10-30-11-9-28)19(32-6-2)12-16(18)27-22-20-15(4)21(24(29)33-7-3)34-23(20)26-14-25-22/h12-14H,5-11H2,1-4H3,(H,25,26,27). The average Bonchev–Trinajstić information content (AvgIpc) is 3.19. The summed E-state index contributed by atoms with van der Waals surface area (Å²) in [4.78, 5) is 24.8. The predicted molar refractivity (Wildman–Crippen MR) is 133 cm³/mol. The summed E-state index contributed by atoms with van der Waals surface area (Å²) in [6.07, 6.45) is 1.49. The summed E-state index contributed by atoms with van der Waals surface area (Å²) in [5.74, 6) is 1.70. The van der Waals surface area contributed by atoms with Gasteiger partial charge in [0.2, 0.25) is 0 Å². The summed E-state index contributed by atoms with van der Waals surface area (Å²) >= 11 is 1.30. The van der Waals surface area contributed by atoms with Gasteiger partial charge in [0.25, 0.3) is 0 Å². The molecule has 0 saturated carbocycles. The Labute approximate surface area is 203 Å². The van der Waals surface area contributed by atoms with Gasteiger partial charge < -0.3 is 29.2 Å². The van der Waals surface area contributed by atoms with Crippen LogP contribution >= 0.6 is 11.3 Å². The lowest BCUT2D eigenvalue weighted by atomic mass is 10.1. The number of hydrogen-bond acceptors (Lipinski definition) is 10. The van der Waals surface area contributed by atoms with Crippen molar-refractivity contribution in [1.82, 2.24) is 9.97 Å². The molecular formula is C24H30N4O5S. The third-order valence-corrected chi connectivity index (χ3v) is 6.63. The maximum atomic E-state index is 12.4. The first-order chi connectivity index (χ1) is 16.6.